The van der Waals surface area contributed by atoms with Crippen molar-refractivity contribution >= 4 is 36.0 Å². The van der Waals surface area contributed by atoms with Gasteiger partial charge < -0.3 is 31.1 Å². The Labute approximate surface area is 115 Å². The zero-order chi connectivity index (χ0) is 12.4. The number of nitrogens with two attached hydrogens (primary N) is 3. The average Bonchev–Trinajstić information content (AvgIpc) is 2.03. The van der Waals surface area contributed by atoms with E-state index < -0.39 is 11.4 Å². The largest absolute Gasteiger partial charge is 1.00 e. The van der Waals surface area contributed by atoms with E-state index in [0.29, 0.717) is 0 Å². The molecule has 0 fully saturated rings. The number of aromatic nitrogens is 3. The molecule has 0 radical (unpaired) electrons. The average molecular weight is 260 g/mol. The molecular formula is C4H9N6NaO4S. The second-order valence-corrected chi connectivity index (χ2v) is 2.06. The van der Waals surface area contributed by atoms with Crippen LogP contribution in [-0.4, -0.2) is 35.1 Å². The Bertz CT molecular complexity index is 273. The standard InChI is InChI=1S/C3H6N6.CH2O.Na.H2O3S/c4-1-7-2(5)9-3(6)8-1;1-2;;1-4(2)3/h(H6,4,5,6,7,8,9);1H2;;(H2,1,2,3)/q;;+1;/p-1. The van der Waals surface area contributed by atoms with E-state index in [2.05, 4.69) is 15.0 Å². The van der Waals surface area contributed by atoms with E-state index in [9.17, 15) is 0 Å². The van der Waals surface area contributed by atoms with Gasteiger partial charge in [-0.3, -0.25) is 0 Å². The van der Waals surface area contributed by atoms with Crippen LogP contribution >= 0.6 is 0 Å². The van der Waals surface area contributed by atoms with E-state index >= 15 is 0 Å². The van der Waals surface area contributed by atoms with Crippen molar-refractivity contribution in [1.29, 1.82) is 0 Å². The number of carbonyl (C=O) groups excluding carboxylic acids is 1. The molecule has 0 aromatic carbocycles. The number of nitrogens with zero attached hydrogens (tertiary/aromatic N) is 3. The number of carbonyl (C=O) groups is 1. The van der Waals surface area contributed by atoms with Crippen LogP contribution in [0.15, 0.2) is 0 Å². The van der Waals surface area contributed by atoms with Gasteiger partial charge in [0.05, 0.1) is 11.4 Å². The second-order valence-electron chi connectivity index (χ2n) is 1.63. The normalized spacial score (nSPS) is 9.38. The van der Waals surface area contributed by atoms with Gasteiger partial charge in [-0.05, 0) is 0 Å². The van der Waals surface area contributed by atoms with E-state index in [0.717, 1.165) is 0 Å². The molecule has 0 aliphatic heterocycles. The minimum absolute atomic E-state index is 0. The molecule has 0 spiro atoms. The monoisotopic (exact) mass is 260 g/mol. The topological polar surface area (TPSA) is 194 Å². The number of anilines is 3. The van der Waals surface area contributed by atoms with Gasteiger partial charge in [-0.25, -0.2) is 4.21 Å². The van der Waals surface area contributed by atoms with Crippen LogP contribution in [0.5, 0.6) is 0 Å². The number of nitrogen functional groups attached to an aromatic ring is 3. The first-order valence-electron chi connectivity index (χ1n) is 3.01. The van der Waals surface area contributed by atoms with Crippen LogP contribution in [-0.2, 0) is 16.2 Å². The summed E-state index contributed by atoms with van der Waals surface area (Å²) in [6.45, 7) is 2.00. The third-order valence-corrected chi connectivity index (χ3v) is 0.687. The Morgan fingerprint density at radius 1 is 1.06 bits per heavy atom. The summed E-state index contributed by atoms with van der Waals surface area (Å²) in [4.78, 5) is 18.5. The maximum Gasteiger partial charge on any atom is 1.00 e. The molecule has 16 heavy (non-hydrogen) atoms. The molecule has 86 valence electrons. The molecule has 1 aromatic rings. The summed E-state index contributed by atoms with van der Waals surface area (Å²) in [5.41, 5.74) is 15.4. The molecule has 1 unspecified atom stereocenters. The van der Waals surface area contributed by atoms with Gasteiger partial charge >= 0.3 is 29.6 Å². The Balaban J connectivity index is -0.000000209. The molecular weight excluding hydrogens is 251 g/mol. The van der Waals surface area contributed by atoms with Crippen LogP contribution in [0, 0.1) is 0 Å². The minimum Gasteiger partial charge on any atom is -0.750 e. The molecule has 1 aromatic heterocycles. The zero-order valence-electron chi connectivity index (χ0n) is 8.36. The minimum atomic E-state index is -2.86. The molecule has 7 N–H and O–H groups in total. The molecule has 12 heteroatoms. The fourth-order valence-electron chi connectivity index (χ4n) is 0.427. The third kappa shape index (κ3) is 15.6. The summed E-state index contributed by atoms with van der Waals surface area (Å²) < 4.78 is 24.1. The predicted octanol–water partition coefficient (Wildman–Crippen LogP) is -5.22. The summed E-state index contributed by atoms with van der Waals surface area (Å²) in [5.74, 6) is 0.125. The van der Waals surface area contributed by atoms with Crippen molar-refractivity contribution in [1.82, 2.24) is 15.0 Å². The smallest absolute Gasteiger partial charge is 0.750 e. The molecule has 0 saturated carbocycles. The van der Waals surface area contributed by atoms with Crippen molar-refractivity contribution in [2.75, 3.05) is 17.2 Å². The molecule has 1 atom stereocenters. The molecule has 10 nitrogen and oxygen atoms in total. The fraction of sp³-hybridized carbons (Fsp3) is 0. The van der Waals surface area contributed by atoms with E-state index in [1.165, 1.54) is 0 Å². The maximum absolute atomic E-state index is 8.56. The van der Waals surface area contributed by atoms with Crippen molar-refractivity contribution in [3.8, 4) is 0 Å². The number of hydrogen-bond acceptors (Lipinski definition) is 9. The molecule has 0 aliphatic carbocycles. The van der Waals surface area contributed by atoms with Crippen LogP contribution in [0.25, 0.3) is 0 Å². The van der Waals surface area contributed by atoms with Crippen molar-refractivity contribution in [2.45, 2.75) is 0 Å². The Kier molecular flexibility index (Phi) is 15.7. The van der Waals surface area contributed by atoms with Crippen molar-refractivity contribution in [3.63, 3.8) is 0 Å². The van der Waals surface area contributed by atoms with Gasteiger partial charge in [-0.2, -0.15) is 15.0 Å². The summed E-state index contributed by atoms with van der Waals surface area (Å²) >= 11 is -2.86. The van der Waals surface area contributed by atoms with Crippen LogP contribution in [0.1, 0.15) is 0 Å². The Hall–Kier alpha value is -0.850. The van der Waals surface area contributed by atoms with Crippen LogP contribution in [0.3, 0.4) is 0 Å². The first kappa shape index (κ1) is 20.5. The molecule has 1 rings (SSSR count). The van der Waals surface area contributed by atoms with Gasteiger partial charge in [-0.1, -0.05) is 0 Å². The molecule has 0 bridgehead atoms. The summed E-state index contributed by atoms with van der Waals surface area (Å²) in [6, 6.07) is 0. The Morgan fingerprint density at radius 3 is 1.31 bits per heavy atom. The van der Waals surface area contributed by atoms with Crippen LogP contribution in [0.2, 0.25) is 0 Å². The van der Waals surface area contributed by atoms with Crippen molar-refractivity contribution < 1.29 is 47.7 Å². The van der Waals surface area contributed by atoms with Crippen LogP contribution in [0.4, 0.5) is 17.8 Å². The van der Waals surface area contributed by atoms with Gasteiger partial charge in [-0.15, -0.1) is 0 Å². The van der Waals surface area contributed by atoms with Crippen molar-refractivity contribution in [3.05, 3.63) is 0 Å². The third-order valence-electron chi connectivity index (χ3n) is 0.687. The zero-order valence-corrected chi connectivity index (χ0v) is 11.2. The van der Waals surface area contributed by atoms with Crippen molar-refractivity contribution in [2.24, 2.45) is 0 Å². The van der Waals surface area contributed by atoms with E-state index in [1.807, 2.05) is 6.79 Å². The molecule has 0 aliphatic rings. The molecule has 0 amide bonds. The van der Waals surface area contributed by atoms with E-state index in [1.54, 1.807) is 0 Å². The summed E-state index contributed by atoms with van der Waals surface area (Å²) in [7, 11) is 0. The van der Waals surface area contributed by atoms with E-state index in [4.69, 9.17) is 35.3 Å². The fourth-order valence-corrected chi connectivity index (χ4v) is 0.427. The summed E-state index contributed by atoms with van der Waals surface area (Å²) in [5, 5.41) is 0. The van der Waals surface area contributed by atoms with Gasteiger partial charge in [0.15, 0.2) is 0 Å². The first-order chi connectivity index (χ1) is 6.91. The summed E-state index contributed by atoms with van der Waals surface area (Å²) in [6.07, 6.45) is 0. The van der Waals surface area contributed by atoms with Gasteiger partial charge in [0, 0.05) is 0 Å². The quantitative estimate of drug-likeness (QED) is 0.258. The van der Waals surface area contributed by atoms with E-state index in [-0.39, 0.29) is 47.4 Å². The number of rotatable bonds is 0. The van der Waals surface area contributed by atoms with Gasteiger partial charge in [0.1, 0.15) is 6.79 Å². The molecule has 1 heterocycles. The van der Waals surface area contributed by atoms with Crippen LogP contribution < -0.4 is 46.8 Å². The maximum atomic E-state index is 8.56. The number of hydrogen-bond donors (Lipinski definition) is 4. The predicted molar refractivity (Wildman–Crippen MR) is 51.7 cm³/mol. The molecule has 0 saturated heterocycles. The van der Waals surface area contributed by atoms with Gasteiger partial charge in [0.25, 0.3) is 0 Å². The second kappa shape index (κ2) is 12.2. The van der Waals surface area contributed by atoms with Gasteiger partial charge in [0.2, 0.25) is 17.8 Å². The Morgan fingerprint density at radius 2 is 1.19 bits per heavy atom. The SMILES string of the molecule is C=O.Nc1nc(N)nc(N)n1.O=S([O-])O.[Na+]. The first-order valence-corrected chi connectivity index (χ1v) is 4.04.